The molecule has 82 valence electrons. The van der Waals surface area contributed by atoms with Crippen LogP contribution < -0.4 is 0 Å². The zero-order chi connectivity index (χ0) is 11.7. The highest BCUT2D eigenvalue weighted by Crippen LogP contribution is 2.28. The van der Waals surface area contributed by atoms with Crippen LogP contribution in [0.5, 0.6) is 0 Å². The molecule has 1 saturated heterocycles. The van der Waals surface area contributed by atoms with Crippen molar-refractivity contribution in [1.29, 1.82) is 0 Å². The molecule has 1 aliphatic heterocycles. The number of imide groups is 1. The third-order valence-electron chi connectivity index (χ3n) is 2.82. The Kier molecular flexibility index (Phi) is 2.60. The molecular formula is C13H13NO2. The molecule has 3 nitrogen and oxygen atoms in total. The molecular weight excluding hydrogens is 202 g/mol. The van der Waals surface area contributed by atoms with Gasteiger partial charge in [-0.25, -0.2) is 0 Å². The fraction of sp³-hybridized carbons (Fsp3) is 0.231. The van der Waals surface area contributed by atoms with Crippen LogP contribution in [0.4, 0.5) is 0 Å². The second-order valence-electron chi connectivity index (χ2n) is 3.94. The topological polar surface area (TPSA) is 37.4 Å². The molecule has 1 fully saturated rings. The third-order valence-corrected chi connectivity index (χ3v) is 2.82. The third kappa shape index (κ3) is 1.65. The predicted octanol–water partition coefficient (Wildman–Crippen LogP) is 2.06. The Hall–Kier alpha value is -1.90. The van der Waals surface area contributed by atoms with Gasteiger partial charge in [0.1, 0.15) is 0 Å². The number of carbonyl (C=O) groups excluding carboxylic acids is 2. The summed E-state index contributed by atoms with van der Waals surface area (Å²) in [5.41, 5.74) is 1.34. The van der Waals surface area contributed by atoms with Gasteiger partial charge in [0.15, 0.2) is 0 Å². The van der Waals surface area contributed by atoms with Gasteiger partial charge in [0.2, 0.25) is 5.91 Å². The van der Waals surface area contributed by atoms with Crippen LogP contribution in [0.1, 0.15) is 24.9 Å². The Labute approximate surface area is 94.4 Å². The van der Waals surface area contributed by atoms with Crippen molar-refractivity contribution in [2.45, 2.75) is 19.4 Å². The number of benzene rings is 1. The van der Waals surface area contributed by atoms with Gasteiger partial charge in [-0.15, -0.1) is 0 Å². The number of likely N-dealkylation sites (tertiary alicyclic amines) is 1. The summed E-state index contributed by atoms with van der Waals surface area (Å²) in [6.07, 6.45) is 0.149. The van der Waals surface area contributed by atoms with Crippen LogP contribution in [-0.2, 0) is 9.59 Å². The van der Waals surface area contributed by atoms with E-state index in [9.17, 15) is 9.59 Å². The minimum atomic E-state index is -0.249. The van der Waals surface area contributed by atoms with Gasteiger partial charge < -0.3 is 0 Å². The lowest BCUT2D eigenvalue weighted by molar-refractivity contribution is -0.140. The molecule has 0 N–H and O–H groups in total. The standard InChI is InChI=1S/C13H13NO2/c1-9-8-12(15)14(13(9)16)10(2)11-6-4-3-5-7-11/h3-7,10H,1,8H2,2H3/t10-/m0/s1. The number of hydrogen-bond donors (Lipinski definition) is 0. The molecule has 1 atom stereocenters. The van der Waals surface area contributed by atoms with E-state index in [1.54, 1.807) is 0 Å². The maximum atomic E-state index is 11.7. The second kappa shape index (κ2) is 3.93. The van der Waals surface area contributed by atoms with E-state index in [1.165, 1.54) is 4.90 Å². The van der Waals surface area contributed by atoms with Crippen molar-refractivity contribution in [3.63, 3.8) is 0 Å². The normalized spacial score (nSPS) is 18.1. The molecule has 2 amide bonds. The first-order chi connectivity index (χ1) is 7.61. The molecule has 1 aromatic carbocycles. The van der Waals surface area contributed by atoms with Gasteiger partial charge in [0.25, 0.3) is 5.91 Å². The van der Waals surface area contributed by atoms with E-state index < -0.39 is 0 Å². The Morgan fingerprint density at radius 3 is 2.38 bits per heavy atom. The van der Waals surface area contributed by atoms with Crippen LogP contribution >= 0.6 is 0 Å². The summed E-state index contributed by atoms with van der Waals surface area (Å²) in [6, 6.07) is 9.29. The van der Waals surface area contributed by atoms with Crippen LogP contribution in [0.3, 0.4) is 0 Å². The van der Waals surface area contributed by atoms with E-state index in [2.05, 4.69) is 6.58 Å². The van der Waals surface area contributed by atoms with Gasteiger partial charge >= 0.3 is 0 Å². The van der Waals surface area contributed by atoms with Gasteiger partial charge in [0.05, 0.1) is 12.5 Å². The maximum absolute atomic E-state index is 11.7. The van der Waals surface area contributed by atoms with Gasteiger partial charge in [0, 0.05) is 5.57 Å². The number of rotatable bonds is 2. The van der Waals surface area contributed by atoms with E-state index in [0.29, 0.717) is 5.57 Å². The Morgan fingerprint density at radius 1 is 1.25 bits per heavy atom. The lowest BCUT2D eigenvalue weighted by atomic mass is 10.1. The van der Waals surface area contributed by atoms with Gasteiger partial charge in [-0.1, -0.05) is 36.9 Å². The molecule has 0 unspecified atom stereocenters. The minimum Gasteiger partial charge on any atom is -0.274 e. The van der Waals surface area contributed by atoms with Crippen molar-refractivity contribution < 1.29 is 9.59 Å². The highest BCUT2D eigenvalue weighted by Gasteiger charge is 2.36. The van der Waals surface area contributed by atoms with Crippen molar-refractivity contribution in [3.05, 3.63) is 48.0 Å². The minimum absolute atomic E-state index is 0.149. The van der Waals surface area contributed by atoms with Gasteiger partial charge in [-0.2, -0.15) is 0 Å². The Morgan fingerprint density at radius 2 is 1.88 bits per heavy atom. The molecule has 0 radical (unpaired) electrons. The second-order valence-corrected chi connectivity index (χ2v) is 3.94. The molecule has 0 bridgehead atoms. The number of amides is 2. The van der Waals surface area contributed by atoms with E-state index in [1.807, 2.05) is 37.3 Å². The van der Waals surface area contributed by atoms with Crippen LogP contribution in [0, 0.1) is 0 Å². The van der Waals surface area contributed by atoms with Crippen molar-refractivity contribution in [3.8, 4) is 0 Å². The fourth-order valence-electron chi connectivity index (χ4n) is 1.90. The number of carbonyl (C=O) groups is 2. The average molecular weight is 215 g/mol. The summed E-state index contributed by atoms with van der Waals surface area (Å²) in [6.45, 7) is 5.45. The molecule has 0 aliphatic carbocycles. The highest BCUT2D eigenvalue weighted by atomic mass is 16.2. The molecule has 2 rings (SSSR count). The maximum Gasteiger partial charge on any atom is 0.256 e. The van der Waals surface area contributed by atoms with E-state index in [0.717, 1.165) is 5.56 Å². The van der Waals surface area contributed by atoms with Crippen LogP contribution in [0.15, 0.2) is 42.5 Å². The smallest absolute Gasteiger partial charge is 0.256 e. The number of nitrogens with zero attached hydrogens (tertiary/aromatic N) is 1. The highest BCUT2D eigenvalue weighted by molar-refractivity contribution is 6.13. The molecule has 0 saturated carbocycles. The van der Waals surface area contributed by atoms with E-state index >= 15 is 0 Å². The molecule has 0 spiro atoms. The summed E-state index contributed by atoms with van der Waals surface area (Å²) < 4.78 is 0. The average Bonchev–Trinajstić information content (AvgIpc) is 2.54. The van der Waals surface area contributed by atoms with Crippen LogP contribution in [0.2, 0.25) is 0 Å². The van der Waals surface area contributed by atoms with Crippen molar-refractivity contribution >= 4 is 11.8 Å². The summed E-state index contributed by atoms with van der Waals surface area (Å²) in [5.74, 6) is -0.410. The summed E-state index contributed by atoms with van der Waals surface area (Å²) in [5, 5.41) is 0. The molecule has 16 heavy (non-hydrogen) atoms. The lowest BCUT2D eigenvalue weighted by Crippen LogP contribution is -2.32. The van der Waals surface area contributed by atoms with Crippen LogP contribution in [-0.4, -0.2) is 16.7 Å². The van der Waals surface area contributed by atoms with E-state index in [-0.39, 0.29) is 24.3 Å². The molecule has 1 aliphatic rings. The first-order valence-corrected chi connectivity index (χ1v) is 5.20. The van der Waals surface area contributed by atoms with Crippen molar-refractivity contribution in [2.75, 3.05) is 0 Å². The zero-order valence-corrected chi connectivity index (χ0v) is 9.14. The molecule has 1 heterocycles. The molecule has 1 aromatic rings. The van der Waals surface area contributed by atoms with Crippen LogP contribution in [0.25, 0.3) is 0 Å². The SMILES string of the molecule is C=C1CC(=O)N([C@@H](C)c2ccccc2)C1=O. The quantitative estimate of drug-likeness (QED) is 0.559. The van der Waals surface area contributed by atoms with Gasteiger partial charge in [-0.05, 0) is 12.5 Å². The monoisotopic (exact) mass is 215 g/mol. The Bertz CT molecular complexity index is 450. The summed E-state index contributed by atoms with van der Waals surface area (Å²) in [4.78, 5) is 24.7. The first-order valence-electron chi connectivity index (χ1n) is 5.20. The Balaban J connectivity index is 2.29. The van der Waals surface area contributed by atoms with Gasteiger partial charge in [-0.3, -0.25) is 14.5 Å². The molecule has 3 heteroatoms. The zero-order valence-electron chi connectivity index (χ0n) is 9.14. The van der Waals surface area contributed by atoms with Crippen molar-refractivity contribution in [1.82, 2.24) is 4.90 Å². The lowest BCUT2D eigenvalue weighted by Gasteiger charge is -2.22. The number of hydrogen-bond acceptors (Lipinski definition) is 2. The molecule has 0 aromatic heterocycles. The summed E-state index contributed by atoms with van der Waals surface area (Å²) >= 11 is 0. The van der Waals surface area contributed by atoms with Crippen molar-refractivity contribution in [2.24, 2.45) is 0 Å². The summed E-state index contributed by atoms with van der Waals surface area (Å²) in [7, 11) is 0. The predicted molar refractivity (Wildman–Crippen MR) is 60.5 cm³/mol. The fourth-order valence-corrected chi connectivity index (χ4v) is 1.90. The van der Waals surface area contributed by atoms with E-state index in [4.69, 9.17) is 0 Å². The first kappa shape index (κ1) is 10.6. The largest absolute Gasteiger partial charge is 0.274 e.